The lowest BCUT2D eigenvalue weighted by molar-refractivity contribution is 0.340. The molecule has 0 bridgehead atoms. The Balaban J connectivity index is 2.46. The molecule has 0 radical (unpaired) electrons. The van der Waals surface area contributed by atoms with Crippen molar-refractivity contribution in [3.05, 3.63) is 18.3 Å². The van der Waals surface area contributed by atoms with Crippen LogP contribution in [-0.2, 0) is 10.0 Å². The molecule has 2 N–H and O–H groups in total. The molecule has 0 fully saturated rings. The number of hydrogen-bond acceptors (Lipinski definition) is 5. The zero-order chi connectivity index (χ0) is 12.7. The molecule has 0 aromatic carbocycles. The Morgan fingerprint density at radius 1 is 1.41 bits per heavy atom. The Labute approximate surface area is 101 Å². The Morgan fingerprint density at radius 3 is 2.82 bits per heavy atom. The number of nitrogens with one attached hydrogen (secondary N) is 2. The summed E-state index contributed by atoms with van der Waals surface area (Å²) in [5.41, 5.74) is 0. The van der Waals surface area contributed by atoms with Gasteiger partial charge < -0.3 is 10.1 Å². The maximum Gasteiger partial charge on any atom is 0.208 e. The zero-order valence-corrected chi connectivity index (χ0v) is 10.8. The molecule has 0 saturated carbocycles. The largest absolute Gasteiger partial charge is 0.490 e. The van der Waals surface area contributed by atoms with Crippen LogP contribution in [0.2, 0.25) is 0 Å². The third-order valence-corrected chi connectivity index (χ3v) is 2.58. The highest BCUT2D eigenvalue weighted by molar-refractivity contribution is 7.88. The van der Waals surface area contributed by atoms with Crippen molar-refractivity contribution in [1.29, 1.82) is 0 Å². The number of sulfonamides is 1. The first-order chi connectivity index (χ1) is 8.03. The van der Waals surface area contributed by atoms with Gasteiger partial charge in [-0.15, -0.1) is 0 Å². The van der Waals surface area contributed by atoms with E-state index in [1.54, 1.807) is 12.3 Å². The van der Waals surface area contributed by atoms with Gasteiger partial charge in [-0.25, -0.2) is 18.1 Å². The quantitative estimate of drug-likeness (QED) is 0.695. The lowest BCUT2D eigenvalue weighted by atomic mass is 10.4. The standard InChI is InChI=1S/C10H17N3O3S/c1-3-16-9-5-4-6-11-10(9)12-7-8-13-17(2,14)15/h4-6,13H,3,7-8H2,1-2H3,(H,11,12). The van der Waals surface area contributed by atoms with Gasteiger partial charge in [-0.1, -0.05) is 0 Å². The Bertz CT molecular complexity index is 448. The van der Waals surface area contributed by atoms with E-state index in [0.29, 0.717) is 31.3 Å². The highest BCUT2D eigenvalue weighted by atomic mass is 32.2. The van der Waals surface area contributed by atoms with Gasteiger partial charge >= 0.3 is 0 Å². The summed E-state index contributed by atoms with van der Waals surface area (Å²) >= 11 is 0. The summed E-state index contributed by atoms with van der Waals surface area (Å²) in [4.78, 5) is 4.12. The molecule has 0 aliphatic rings. The van der Waals surface area contributed by atoms with Crippen LogP contribution in [-0.4, -0.2) is 39.4 Å². The zero-order valence-electron chi connectivity index (χ0n) is 9.93. The van der Waals surface area contributed by atoms with Crippen molar-refractivity contribution < 1.29 is 13.2 Å². The number of rotatable bonds is 7. The van der Waals surface area contributed by atoms with Gasteiger partial charge in [0.1, 0.15) is 0 Å². The molecule has 0 aliphatic heterocycles. The van der Waals surface area contributed by atoms with E-state index >= 15 is 0 Å². The van der Waals surface area contributed by atoms with Crippen molar-refractivity contribution in [3.8, 4) is 5.75 Å². The number of nitrogens with zero attached hydrogens (tertiary/aromatic N) is 1. The van der Waals surface area contributed by atoms with Crippen molar-refractivity contribution in [3.63, 3.8) is 0 Å². The number of ether oxygens (including phenoxy) is 1. The Kier molecular flexibility index (Phi) is 5.17. The number of anilines is 1. The van der Waals surface area contributed by atoms with Crippen LogP contribution >= 0.6 is 0 Å². The van der Waals surface area contributed by atoms with Crippen molar-refractivity contribution in [2.24, 2.45) is 0 Å². The predicted molar refractivity (Wildman–Crippen MR) is 66.7 cm³/mol. The molecule has 0 saturated heterocycles. The van der Waals surface area contributed by atoms with Crippen LogP contribution < -0.4 is 14.8 Å². The smallest absolute Gasteiger partial charge is 0.208 e. The van der Waals surface area contributed by atoms with Crippen molar-refractivity contribution >= 4 is 15.8 Å². The summed E-state index contributed by atoms with van der Waals surface area (Å²) in [5.74, 6) is 1.28. The monoisotopic (exact) mass is 259 g/mol. The van der Waals surface area contributed by atoms with Crippen LogP contribution in [0, 0.1) is 0 Å². The van der Waals surface area contributed by atoms with Gasteiger partial charge in [0.25, 0.3) is 0 Å². The lowest BCUT2D eigenvalue weighted by Crippen LogP contribution is -2.27. The molecule has 1 aromatic heterocycles. The molecule has 0 aliphatic carbocycles. The van der Waals surface area contributed by atoms with E-state index in [-0.39, 0.29) is 0 Å². The molecular weight excluding hydrogens is 242 g/mol. The van der Waals surface area contributed by atoms with Gasteiger partial charge in [0, 0.05) is 19.3 Å². The fraction of sp³-hybridized carbons (Fsp3) is 0.500. The number of pyridine rings is 1. The van der Waals surface area contributed by atoms with Crippen LogP contribution in [0.4, 0.5) is 5.82 Å². The summed E-state index contributed by atoms with van der Waals surface area (Å²) in [6.07, 6.45) is 2.77. The maximum absolute atomic E-state index is 10.8. The van der Waals surface area contributed by atoms with Crippen LogP contribution in [0.25, 0.3) is 0 Å². The van der Waals surface area contributed by atoms with E-state index in [1.807, 2.05) is 13.0 Å². The highest BCUT2D eigenvalue weighted by Gasteiger charge is 2.03. The third-order valence-electron chi connectivity index (χ3n) is 1.85. The predicted octanol–water partition coefficient (Wildman–Crippen LogP) is 0.441. The van der Waals surface area contributed by atoms with E-state index in [9.17, 15) is 8.42 Å². The van der Waals surface area contributed by atoms with Crippen molar-refractivity contribution in [1.82, 2.24) is 9.71 Å². The van der Waals surface area contributed by atoms with E-state index in [0.717, 1.165) is 6.26 Å². The van der Waals surface area contributed by atoms with E-state index < -0.39 is 10.0 Å². The molecule has 6 nitrogen and oxygen atoms in total. The van der Waals surface area contributed by atoms with E-state index in [2.05, 4.69) is 15.0 Å². The average molecular weight is 259 g/mol. The minimum Gasteiger partial charge on any atom is -0.490 e. The number of aromatic nitrogens is 1. The first-order valence-corrected chi connectivity index (χ1v) is 7.18. The SMILES string of the molecule is CCOc1cccnc1NCCNS(C)(=O)=O. The fourth-order valence-corrected chi connectivity index (χ4v) is 1.69. The second-order valence-electron chi connectivity index (χ2n) is 3.38. The maximum atomic E-state index is 10.8. The molecule has 7 heteroatoms. The number of hydrogen-bond donors (Lipinski definition) is 2. The van der Waals surface area contributed by atoms with Crippen LogP contribution in [0.15, 0.2) is 18.3 Å². The van der Waals surface area contributed by atoms with Gasteiger partial charge in [0.05, 0.1) is 12.9 Å². The third kappa shape index (κ3) is 5.50. The molecule has 96 valence electrons. The molecule has 17 heavy (non-hydrogen) atoms. The summed E-state index contributed by atoms with van der Waals surface area (Å²) in [7, 11) is -3.14. The topological polar surface area (TPSA) is 80.3 Å². The molecule has 0 unspecified atom stereocenters. The molecule has 0 amide bonds. The minimum atomic E-state index is -3.14. The van der Waals surface area contributed by atoms with Gasteiger partial charge in [0.2, 0.25) is 10.0 Å². The molecular formula is C10H17N3O3S. The normalized spacial score (nSPS) is 11.2. The van der Waals surface area contributed by atoms with Gasteiger partial charge in [-0.05, 0) is 19.1 Å². The molecule has 1 aromatic rings. The highest BCUT2D eigenvalue weighted by Crippen LogP contribution is 2.19. The summed E-state index contributed by atoms with van der Waals surface area (Å²) in [6.45, 7) is 3.20. The Morgan fingerprint density at radius 2 is 2.18 bits per heavy atom. The first-order valence-electron chi connectivity index (χ1n) is 5.29. The van der Waals surface area contributed by atoms with Crippen LogP contribution in [0.1, 0.15) is 6.92 Å². The molecule has 1 rings (SSSR count). The van der Waals surface area contributed by atoms with E-state index in [4.69, 9.17) is 4.74 Å². The summed E-state index contributed by atoms with van der Waals surface area (Å²) in [6, 6.07) is 3.59. The van der Waals surface area contributed by atoms with Gasteiger partial charge in [-0.2, -0.15) is 0 Å². The molecule has 1 heterocycles. The molecule has 0 spiro atoms. The summed E-state index contributed by atoms with van der Waals surface area (Å²) in [5, 5.41) is 3.01. The Hall–Kier alpha value is -1.34. The summed E-state index contributed by atoms with van der Waals surface area (Å²) < 4.78 is 29.4. The lowest BCUT2D eigenvalue weighted by Gasteiger charge is -2.10. The van der Waals surface area contributed by atoms with Gasteiger partial charge in [-0.3, -0.25) is 0 Å². The van der Waals surface area contributed by atoms with Crippen LogP contribution in [0.5, 0.6) is 5.75 Å². The van der Waals surface area contributed by atoms with Crippen LogP contribution in [0.3, 0.4) is 0 Å². The van der Waals surface area contributed by atoms with E-state index in [1.165, 1.54) is 0 Å². The fourth-order valence-electron chi connectivity index (χ4n) is 1.21. The van der Waals surface area contributed by atoms with Crippen molar-refractivity contribution in [2.75, 3.05) is 31.3 Å². The second kappa shape index (κ2) is 6.41. The first kappa shape index (κ1) is 13.7. The van der Waals surface area contributed by atoms with Crippen molar-refractivity contribution in [2.45, 2.75) is 6.92 Å². The molecule has 0 atom stereocenters. The average Bonchev–Trinajstić information content (AvgIpc) is 2.25. The van der Waals surface area contributed by atoms with Gasteiger partial charge in [0.15, 0.2) is 11.6 Å². The minimum absolute atomic E-state index is 0.307. The second-order valence-corrected chi connectivity index (χ2v) is 5.21.